The number of rotatable bonds is 2. The van der Waals surface area contributed by atoms with Crippen LogP contribution in [0.25, 0.3) is 0 Å². The SMILES string of the molecule is CC(C)O.O=C(O)c1cccc(C(=O)O)n1.[O]=[V].[V]. The molecule has 7 nitrogen and oxygen atoms in total. The third-order valence-corrected chi connectivity index (χ3v) is 1.19. The van der Waals surface area contributed by atoms with Crippen LogP contribution < -0.4 is 0 Å². The summed E-state index contributed by atoms with van der Waals surface area (Å²) in [5.41, 5.74) is -0.537. The number of aromatic carboxylic acids is 2. The third kappa shape index (κ3) is 13.3. The maximum Gasteiger partial charge on any atom is 0 e. The Morgan fingerprint density at radius 2 is 1.37 bits per heavy atom. The Hall–Kier alpha value is -0.981. The van der Waals surface area contributed by atoms with E-state index in [0.29, 0.717) is 0 Å². The first kappa shape index (κ1) is 23.1. The molecule has 0 amide bonds. The first-order chi connectivity index (χ1) is 8.34. The normalized spacial score (nSPS) is 7.95. The first-order valence-corrected chi connectivity index (χ1v) is 5.21. The molecule has 0 aliphatic rings. The summed E-state index contributed by atoms with van der Waals surface area (Å²) in [5.74, 6) is -2.48. The Labute approximate surface area is 131 Å². The Morgan fingerprint density at radius 3 is 1.58 bits per heavy atom. The molecule has 0 aliphatic carbocycles. The van der Waals surface area contributed by atoms with Crippen LogP contribution in [0.3, 0.4) is 0 Å². The van der Waals surface area contributed by atoms with Crippen LogP contribution in [0.5, 0.6) is 0 Å². The second-order valence-electron chi connectivity index (χ2n) is 3.11. The Bertz CT molecular complexity index is 367. The Balaban J connectivity index is -0.000000316. The summed E-state index contributed by atoms with van der Waals surface area (Å²) < 4.78 is 8.19. The van der Waals surface area contributed by atoms with Gasteiger partial charge in [-0.1, -0.05) is 6.07 Å². The number of hydrogen-bond donors (Lipinski definition) is 3. The van der Waals surface area contributed by atoms with Crippen molar-refractivity contribution < 1.29 is 64.5 Å². The number of carboxylic acid groups (broad SMARTS) is 2. The van der Waals surface area contributed by atoms with Gasteiger partial charge < -0.3 is 15.3 Å². The average Bonchev–Trinajstić information content (AvgIpc) is 2.31. The van der Waals surface area contributed by atoms with E-state index in [1.165, 1.54) is 18.2 Å². The predicted molar refractivity (Wildman–Crippen MR) is 56.2 cm³/mol. The molecule has 0 saturated heterocycles. The molecule has 0 aliphatic heterocycles. The van der Waals surface area contributed by atoms with Crippen LogP contribution in [0.2, 0.25) is 0 Å². The Morgan fingerprint density at radius 1 is 1.11 bits per heavy atom. The van der Waals surface area contributed by atoms with Crippen LogP contribution in [0.1, 0.15) is 34.8 Å². The molecule has 9 heteroatoms. The van der Waals surface area contributed by atoms with Crippen molar-refractivity contribution in [1.82, 2.24) is 4.98 Å². The molecule has 0 atom stereocenters. The van der Waals surface area contributed by atoms with Crippen LogP contribution in [0, 0.1) is 0 Å². The number of aromatic nitrogens is 1. The minimum absolute atomic E-state index is 0. The smallest absolute Gasteiger partial charge is 0 e. The molecule has 0 fully saturated rings. The maximum absolute atomic E-state index is 10.3. The fraction of sp³-hybridized carbons (Fsp3) is 0.300. The molecule has 1 radical (unpaired) electrons. The summed E-state index contributed by atoms with van der Waals surface area (Å²) in [6.07, 6.45) is -0.167. The molecule has 19 heavy (non-hydrogen) atoms. The summed E-state index contributed by atoms with van der Waals surface area (Å²) in [7, 11) is 0. The number of carbonyl (C=O) groups is 2. The molecule has 0 bridgehead atoms. The van der Waals surface area contributed by atoms with Crippen molar-refractivity contribution in [3.8, 4) is 0 Å². The molecule has 0 unspecified atom stereocenters. The van der Waals surface area contributed by atoms with E-state index in [4.69, 9.17) is 19.0 Å². The van der Waals surface area contributed by atoms with Gasteiger partial charge >= 0.3 is 33.0 Å². The van der Waals surface area contributed by atoms with E-state index in [2.05, 4.69) is 4.98 Å². The minimum Gasteiger partial charge on any atom is 0 e. The van der Waals surface area contributed by atoms with Gasteiger partial charge in [-0.2, -0.15) is 0 Å². The summed E-state index contributed by atoms with van der Waals surface area (Å²) in [5, 5.41) is 24.9. The second-order valence-corrected chi connectivity index (χ2v) is 3.11. The minimum atomic E-state index is -1.24. The van der Waals surface area contributed by atoms with E-state index in [1.54, 1.807) is 13.8 Å². The van der Waals surface area contributed by atoms with Crippen LogP contribution in [0.4, 0.5) is 0 Å². The van der Waals surface area contributed by atoms with Gasteiger partial charge in [0, 0.05) is 24.7 Å². The molecule has 3 N–H and O–H groups in total. The zero-order chi connectivity index (χ0) is 14.7. The zero-order valence-electron chi connectivity index (χ0n) is 10.2. The molecule has 1 heterocycles. The van der Waals surface area contributed by atoms with Crippen LogP contribution in [0.15, 0.2) is 18.2 Å². The number of pyridine rings is 1. The van der Waals surface area contributed by atoms with Crippen molar-refractivity contribution in [2.75, 3.05) is 0 Å². The van der Waals surface area contributed by atoms with Gasteiger partial charge in [0.15, 0.2) is 0 Å². The fourth-order valence-corrected chi connectivity index (χ4v) is 0.673. The first-order valence-electron chi connectivity index (χ1n) is 4.64. The van der Waals surface area contributed by atoms with Gasteiger partial charge in [-0.15, -0.1) is 0 Å². The molecular formula is C10H13NO6V2. The van der Waals surface area contributed by atoms with E-state index >= 15 is 0 Å². The largest absolute Gasteiger partial charge is 0 e. The average molecular weight is 345 g/mol. The fourth-order valence-electron chi connectivity index (χ4n) is 0.673. The van der Waals surface area contributed by atoms with Crippen LogP contribution >= 0.6 is 0 Å². The second kappa shape index (κ2) is 13.5. The molecule has 1 aromatic heterocycles. The van der Waals surface area contributed by atoms with Crippen molar-refractivity contribution in [2.45, 2.75) is 20.0 Å². The molecule has 0 spiro atoms. The quantitative estimate of drug-likeness (QED) is 0.722. The van der Waals surface area contributed by atoms with Gasteiger partial charge in [0.2, 0.25) is 0 Å². The van der Waals surface area contributed by atoms with E-state index in [-0.39, 0.29) is 36.0 Å². The number of aliphatic hydroxyl groups excluding tert-OH is 1. The number of hydrogen-bond acceptors (Lipinski definition) is 5. The van der Waals surface area contributed by atoms with Crippen molar-refractivity contribution in [3.05, 3.63) is 29.6 Å². The summed E-state index contributed by atoms with van der Waals surface area (Å²) >= 11 is 1.06. The topological polar surface area (TPSA) is 125 Å². The molecular weight excluding hydrogens is 332 g/mol. The van der Waals surface area contributed by atoms with Gasteiger partial charge in [-0.25, -0.2) is 14.6 Å². The number of aliphatic hydroxyl groups is 1. The van der Waals surface area contributed by atoms with Crippen molar-refractivity contribution >= 4 is 11.9 Å². The summed E-state index contributed by atoms with van der Waals surface area (Å²) in [4.78, 5) is 24.0. The Kier molecular flexibility index (Phi) is 16.4. The summed E-state index contributed by atoms with van der Waals surface area (Å²) in [6.45, 7) is 3.44. The van der Waals surface area contributed by atoms with Crippen molar-refractivity contribution in [3.63, 3.8) is 0 Å². The van der Waals surface area contributed by atoms with Crippen LogP contribution in [-0.2, 0) is 39.6 Å². The zero-order valence-corrected chi connectivity index (χ0v) is 13.0. The van der Waals surface area contributed by atoms with Gasteiger partial charge in [-0.3, -0.25) is 0 Å². The van der Waals surface area contributed by atoms with Gasteiger partial charge in [0.25, 0.3) is 0 Å². The van der Waals surface area contributed by atoms with Gasteiger partial charge in [0.1, 0.15) is 11.4 Å². The molecule has 0 saturated carbocycles. The van der Waals surface area contributed by atoms with Crippen molar-refractivity contribution in [2.24, 2.45) is 0 Å². The van der Waals surface area contributed by atoms with Gasteiger partial charge in [-0.05, 0) is 26.0 Å². The van der Waals surface area contributed by atoms with E-state index in [1.807, 2.05) is 0 Å². The molecule has 1 rings (SSSR count). The molecule has 1 aromatic rings. The van der Waals surface area contributed by atoms with E-state index in [0.717, 1.165) is 17.4 Å². The van der Waals surface area contributed by atoms with Gasteiger partial charge in [0.05, 0.1) is 0 Å². The molecule has 0 aromatic carbocycles. The molecule has 104 valence electrons. The number of carboxylic acids is 2. The standard InChI is InChI=1S/C7H5NO4.C3H8O.O.2V/c9-6(10)4-2-1-3-5(8-4)7(11)12;1-3(2)4;;;/h1-3H,(H,9,10)(H,11,12);3-4H,1-2H3;;;. The summed E-state index contributed by atoms with van der Waals surface area (Å²) in [6, 6.07) is 3.80. The van der Waals surface area contributed by atoms with E-state index in [9.17, 15) is 9.59 Å². The van der Waals surface area contributed by atoms with Crippen LogP contribution in [-0.4, -0.2) is 38.3 Å². The third-order valence-electron chi connectivity index (χ3n) is 1.19. The maximum atomic E-state index is 10.3. The monoisotopic (exact) mass is 345 g/mol. The predicted octanol–water partition coefficient (Wildman–Crippen LogP) is 0.741. The van der Waals surface area contributed by atoms with Crippen molar-refractivity contribution in [1.29, 1.82) is 0 Å². The van der Waals surface area contributed by atoms with E-state index < -0.39 is 11.9 Å². The number of nitrogens with zero attached hydrogens (tertiary/aromatic N) is 1.